The third-order valence-corrected chi connectivity index (χ3v) is 2.41. The van der Waals surface area contributed by atoms with Crippen molar-refractivity contribution >= 4 is 28.3 Å². The van der Waals surface area contributed by atoms with Crippen LogP contribution < -0.4 is 5.32 Å². The van der Waals surface area contributed by atoms with Crippen LogP contribution in [0.5, 0.6) is 0 Å². The first kappa shape index (κ1) is 11.1. The molecule has 0 saturated heterocycles. The summed E-state index contributed by atoms with van der Waals surface area (Å²) in [4.78, 5) is 22.1. The minimum atomic E-state index is -1.01. The molecular formula is C13H11NO3. The predicted octanol–water partition coefficient (Wildman–Crippen LogP) is 2.50. The fourth-order valence-corrected chi connectivity index (χ4v) is 1.76. The minimum Gasteiger partial charge on any atom is -0.478 e. The third kappa shape index (κ3) is 2.25. The normalized spacial score (nSPS) is 10.2. The first-order valence-electron chi connectivity index (χ1n) is 5.11. The van der Waals surface area contributed by atoms with E-state index in [4.69, 9.17) is 5.11 Å². The smallest absolute Gasteiger partial charge is 0.336 e. The van der Waals surface area contributed by atoms with Crippen LogP contribution in [0.2, 0.25) is 0 Å². The molecule has 0 aromatic heterocycles. The summed E-state index contributed by atoms with van der Waals surface area (Å²) < 4.78 is 0. The highest BCUT2D eigenvalue weighted by molar-refractivity contribution is 6.06. The van der Waals surface area contributed by atoms with Crippen LogP contribution in [0.15, 0.2) is 36.4 Å². The lowest BCUT2D eigenvalue weighted by atomic mass is 10.0. The van der Waals surface area contributed by atoms with Gasteiger partial charge in [-0.2, -0.15) is 0 Å². The van der Waals surface area contributed by atoms with E-state index in [0.717, 1.165) is 5.39 Å². The second kappa shape index (κ2) is 4.25. The lowest BCUT2D eigenvalue weighted by molar-refractivity contribution is -0.114. The highest BCUT2D eigenvalue weighted by Gasteiger charge is 2.10. The Hall–Kier alpha value is -2.36. The van der Waals surface area contributed by atoms with Gasteiger partial charge in [0.15, 0.2) is 0 Å². The van der Waals surface area contributed by atoms with E-state index in [2.05, 4.69) is 5.32 Å². The number of carbonyl (C=O) groups excluding carboxylic acids is 1. The van der Waals surface area contributed by atoms with Crippen molar-refractivity contribution in [2.45, 2.75) is 6.92 Å². The summed E-state index contributed by atoms with van der Waals surface area (Å²) in [6, 6.07) is 10.4. The SMILES string of the molecule is CC(=O)Nc1cc(C(=O)O)c2ccccc2c1. The van der Waals surface area contributed by atoms with Crippen LogP contribution in [0.4, 0.5) is 5.69 Å². The number of nitrogens with one attached hydrogen (secondary N) is 1. The van der Waals surface area contributed by atoms with Gasteiger partial charge in [-0.3, -0.25) is 4.79 Å². The second-order valence-corrected chi connectivity index (χ2v) is 3.73. The molecule has 0 aliphatic heterocycles. The van der Waals surface area contributed by atoms with E-state index >= 15 is 0 Å². The maximum absolute atomic E-state index is 11.1. The molecule has 0 unspecified atom stereocenters. The van der Waals surface area contributed by atoms with Gasteiger partial charge in [-0.25, -0.2) is 4.79 Å². The van der Waals surface area contributed by atoms with E-state index in [1.54, 1.807) is 18.2 Å². The van der Waals surface area contributed by atoms with Crippen molar-refractivity contribution in [2.75, 3.05) is 5.32 Å². The van der Waals surface area contributed by atoms with Crippen LogP contribution in [0, 0.1) is 0 Å². The Morgan fingerprint density at radius 3 is 2.53 bits per heavy atom. The Kier molecular flexibility index (Phi) is 2.78. The Bertz CT molecular complexity index is 605. The zero-order chi connectivity index (χ0) is 12.4. The molecule has 1 amide bonds. The highest BCUT2D eigenvalue weighted by atomic mass is 16.4. The second-order valence-electron chi connectivity index (χ2n) is 3.73. The number of rotatable bonds is 2. The molecule has 0 spiro atoms. The number of aromatic carboxylic acids is 1. The van der Waals surface area contributed by atoms with Crippen molar-refractivity contribution < 1.29 is 14.7 Å². The summed E-state index contributed by atoms with van der Waals surface area (Å²) in [5.41, 5.74) is 0.681. The molecule has 2 N–H and O–H groups in total. The van der Waals surface area contributed by atoms with Gasteiger partial charge in [-0.1, -0.05) is 24.3 Å². The fourth-order valence-electron chi connectivity index (χ4n) is 1.76. The average molecular weight is 229 g/mol. The zero-order valence-corrected chi connectivity index (χ0v) is 9.23. The van der Waals surface area contributed by atoms with Crippen LogP contribution in [0.3, 0.4) is 0 Å². The number of carboxylic acid groups (broad SMARTS) is 1. The first-order chi connectivity index (χ1) is 8.08. The quantitative estimate of drug-likeness (QED) is 0.831. The molecule has 0 atom stereocenters. The number of carbonyl (C=O) groups is 2. The monoisotopic (exact) mass is 229 g/mol. The Morgan fingerprint density at radius 2 is 1.88 bits per heavy atom. The van der Waals surface area contributed by atoms with Gasteiger partial charge in [0.05, 0.1) is 5.56 Å². The van der Waals surface area contributed by atoms with E-state index in [-0.39, 0.29) is 11.5 Å². The standard InChI is InChI=1S/C13H11NO3/c1-8(15)14-10-6-9-4-2-3-5-11(9)12(7-10)13(16)17/h2-7H,1H3,(H,14,15)(H,16,17). The van der Waals surface area contributed by atoms with Gasteiger partial charge in [-0.05, 0) is 22.9 Å². The number of benzene rings is 2. The molecule has 2 rings (SSSR count). The molecule has 2 aromatic rings. The summed E-state index contributed by atoms with van der Waals surface area (Å²) in [5.74, 6) is -1.23. The molecule has 0 heterocycles. The molecule has 4 heteroatoms. The van der Waals surface area contributed by atoms with Gasteiger partial charge in [0.1, 0.15) is 0 Å². The van der Waals surface area contributed by atoms with E-state index in [9.17, 15) is 9.59 Å². The van der Waals surface area contributed by atoms with Crippen LogP contribution in [0.25, 0.3) is 10.8 Å². The van der Waals surface area contributed by atoms with Crippen molar-refractivity contribution in [3.63, 3.8) is 0 Å². The fraction of sp³-hybridized carbons (Fsp3) is 0.0769. The van der Waals surface area contributed by atoms with E-state index < -0.39 is 5.97 Å². The molecule has 86 valence electrons. The Morgan fingerprint density at radius 1 is 1.18 bits per heavy atom. The lowest BCUT2D eigenvalue weighted by Crippen LogP contribution is -2.07. The van der Waals surface area contributed by atoms with Gasteiger partial charge >= 0.3 is 5.97 Å². The highest BCUT2D eigenvalue weighted by Crippen LogP contribution is 2.24. The summed E-state index contributed by atoms with van der Waals surface area (Å²) in [6.07, 6.45) is 0. The molecule has 0 radical (unpaired) electrons. The largest absolute Gasteiger partial charge is 0.478 e. The van der Waals surface area contributed by atoms with Crippen molar-refractivity contribution in [3.05, 3.63) is 42.0 Å². The molecule has 2 aromatic carbocycles. The predicted molar refractivity (Wildman–Crippen MR) is 65.2 cm³/mol. The summed E-state index contributed by atoms with van der Waals surface area (Å²) >= 11 is 0. The van der Waals surface area contributed by atoms with Gasteiger partial charge in [0, 0.05) is 12.6 Å². The molecule has 0 saturated carbocycles. The van der Waals surface area contributed by atoms with E-state index in [1.165, 1.54) is 13.0 Å². The van der Waals surface area contributed by atoms with Crippen molar-refractivity contribution in [1.29, 1.82) is 0 Å². The molecule has 0 aliphatic rings. The van der Waals surface area contributed by atoms with Crippen molar-refractivity contribution in [3.8, 4) is 0 Å². The molecule has 0 fully saturated rings. The van der Waals surface area contributed by atoms with Gasteiger partial charge in [0.2, 0.25) is 5.91 Å². The number of carboxylic acids is 1. The van der Waals surface area contributed by atoms with Gasteiger partial charge in [0.25, 0.3) is 0 Å². The lowest BCUT2D eigenvalue weighted by Gasteiger charge is -2.07. The Labute approximate surface area is 97.9 Å². The topological polar surface area (TPSA) is 66.4 Å². The summed E-state index contributed by atoms with van der Waals surface area (Å²) in [6.45, 7) is 1.38. The van der Waals surface area contributed by atoms with Crippen LogP contribution in [-0.2, 0) is 4.79 Å². The average Bonchev–Trinajstić information content (AvgIpc) is 2.27. The van der Waals surface area contributed by atoms with Gasteiger partial charge in [-0.15, -0.1) is 0 Å². The summed E-state index contributed by atoms with van der Waals surface area (Å²) in [7, 11) is 0. The maximum Gasteiger partial charge on any atom is 0.336 e. The first-order valence-corrected chi connectivity index (χ1v) is 5.11. The maximum atomic E-state index is 11.1. The number of hydrogen-bond acceptors (Lipinski definition) is 2. The molecular weight excluding hydrogens is 218 g/mol. The third-order valence-electron chi connectivity index (χ3n) is 2.41. The minimum absolute atomic E-state index is 0.187. The van der Waals surface area contributed by atoms with Crippen molar-refractivity contribution in [2.24, 2.45) is 0 Å². The Balaban J connectivity index is 2.67. The van der Waals surface area contributed by atoms with E-state index in [0.29, 0.717) is 11.1 Å². The van der Waals surface area contributed by atoms with Crippen molar-refractivity contribution in [1.82, 2.24) is 0 Å². The van der Waals surface area contributed by atoms with Crippen LogP contribution >= 0.6 is 0 Å². The van der Waals surface area contributed by atoms with E-state index in [1.807, 2.05) is 12.1 Å². The number of amides is 1. The molecule has 17 heavy (non-hydrogen) atoms. The van der Waals surface area contributed by atoms with Crippen LogP contribution in [-0.4, -0.2) is 17.0 Å². The zero-order valence-electron chi connectivity index (χ0n) is 9.23. The number of fused-ring (bicyclic) bond motifs is 1. The summed E-state index contributed by atoms with van der Waals surface area (Å²) in [5, 5.41) is 13.2. The number of anilines is 1. The molecule has 0 bridgehead atoms. The number of hydrogen-bond donors (Lipinski definition) is 2. The van der Waals surface area contributed by atoms with Gasteiger partial charge < -0.3 is 10.4 Å². The van der Waals surface area contributed by atoms with Crippen LogP contribution in [0.1, 0.15) is 17.3 Å². The molecule has 0 aliphatic carbocycles. The molecule has 4 nitrogen and oxygen atoms in total.